The molecule has 1 saturated heterocycles. The quantitative estimate of drug-likeness (QED) is 0.530. The molecule has 2 aromatic rings. The van der Waals surface area contributed by atoms with Crippen LogP contribution >= 0.6 is 0 Å². The average Bonchev–Trinajstić information content (AvgIpc) is 3.32. The summed E-state index contributed by atoms with van der Waals surface area (Å²) in [4.78, 5) is 26.3. The number of ether oxygens (including phenoxy) is 3. The van der Waals surface area contributed by atoms with Crippen molar-refractivity contribution in [3.05, 3.63) is 53.6 Å². The molecule has 2 aromatic carbocycles. The van der Waals surface area contributed by atoms with E-state index < -0.39 is 0 Å². The monoisotopic (exact) mass is 411 g/mol. The minimum Gasteiger partial charge on any atom is -0.502 e. The zero-order chi connectivity index (χ0) is 21.5. The molecule has 1 aliphatic rings. The summed E-state index contributed by atoms with van der Waals surface area (Å²) in [5, 5.41) is 9.96. The molecule has 0 aliphatic carbocycles. The molecule has 1 aliphatic heterocycles. The molecule has 0 bridgehead atoms. The Hall–Kier alpha value is -3.48. The smallest absolute Gasteiger partial charge is 0.260 e. The van der Waals surface area contributed by atoms with Crippen LogP contribution < -0.4 is 14.2 Å². The highest BCUT2D eigenvalue weighted by atomic mass is 16.5. The Bertz CT molecular complexity index is 904. The lowest BCUT2D eigenvalue weighted by Crippen LogP contribution is -2.32. The molecule has 7 heteroatoms. The van der Waals surface area contributed by atoms with Crippen LogP contribution in [0.2, 0.25) is 0 Å². The van der Waals surface area contributed by atoms with Crippen molar-refractivity contribution in [2.75, 3.05) is 33.9 Å². The van der Waals surface area contributed by atoms with Crippen molar-refractivity contribution in [3.63, 3.8) is 0 Å². The lowest BCUT2D eigenvalue weighted by molar-refractivity contribution is -0.132. The van der Waals surface area contributed by atoms with Crippen LogP contribution in [0.15, 0.2) is 42.5 Å². The third-order valence-corrected chi connectivity index (χ3v) is 4.89. The molecule has 0 spiro atoms. The fourth-order valence-corrected chi connectivity index (χ4v) is 3.20. The molecule has 7 nitrogen and oxygen atoms in total. The normalized spacial score (nSPS) is 13.5. The van der Waals surface area contributed by atoms with Gasteiger partial charge >= 0.3 is 0 Å². The molecule has 0 saturated carbocycles. The van der Waals surface area contributed by atoms with E-state index in [2.05, 4.69) is 0 Å². The largest absolute Gasteiger partial charge is 0.502 e. The number of hydrogen-bond donors (Lipinski definition) is 1. The summed E-state index contributed by atoms with van der Waals surface area (Å²) in [7, 11) is 2.88. The Morgan fingerprint density at radius 2 is 1.63 bits per heavy atom. The maximum atomic E-state index is 12.4. The highest BCUT2D eigenvalue weighted by Crippen LogP contribution is 2.37. The number of hydrogen-bond acceptors (Lipinski definition) is 6. The lowest BCUT2D eigenvalue weighted by Gasteiger charge is -2.15. The fraction of sp³-hybridized carbons (Fsp3) is 0.304. The molecule has 1 N–H and O–H groups in total. The number of phenols is 1. The van der Waals surface area contributed by atoms with Gasteiger partial charge in [-0.2, -0.15) is 0 Å². The van der Waals surface area contributed by atoms with Crippen LogP contribution in [-0.4, -0.2) is 55.6 Å². The number of amides is 1. The van der Waals surface area contributed by atoms with Gasteiger partial charge in [0, 0.05) is 18.7 Å². The molecule has 0 radical (unpaired) electrons. The second kappa shape index (κ2) is 9.82. The first-order chi connectivity index (χ1) is 14.5. The number of likely N-dealkylation sites (tertiary alicyclic amines) is 1. The minimum absolute atomic E-state index is 0.00227. The molecular weight excluding hydrogens is 386 g/mol. The van der Waals surface area contributed by atoms with Crippen molar-refractivity contribution in [1.29, 1.82) is 0 Å². The van der Waals surface area contributed by atoms with Gasteiger partial charge in [-0.25, -0.2) is 0 Å². The number of rotatable bonds is 8. The molecule has 30 heavy (non-hydrogen) atoms. The van der Waals surface area contributed by atoms with Crippen LogP contribution in [0.5, 0.6) is 23.0 Å². The molecular formula is C23H25NO6. The maximum Gasteiger partial charge on any atom is 0.260 e. The number of aromatic hydroxyl groups is 1. The summed E-state index contributed by atoms with van der Waals surface area (Å²) in [6, 6.07) is 9.86. The molecule has 0 unspecified atom stereocenters. The number of carbonyl (C=O) groups excluding carboxylic acids is 2. The van der Waals surface area contributed by atoms with Crippen LogP contribution in [0, 0.1) is 0 Å². The molecule has 158 valence electrons. The van der Waals surface area contributed by atoms with Gasteiger partial charge in [-0.05, 0) is 60.9 Å². The Balaban J connectivity index is 1.61. The van der Waals surface area contributed by atoms with Crippen LogP contribution in [0.4, 0.5) is 0 Å². The molecule has 0 atom stereocenters. The number of methoxy groups -OCH3 is 2. The van der Waals surface area contributed by atoms with Crippen molar-refractivity contribution < 1.29 is 28.9 Å². The second-order valence-corrected chi connectivity index (χ2v) is 6.87. The van der Waals surface area contributed by atoms with E-state index in [1.54, 1.807) is 47.4 Å². The third-order valence-electron chi connectivity index (χ3n) is 4.89. The number of benzene rings is 2. The topological polar surface area (TPSA) is 85.3 Å². The zero-order valence-corrected chi connectivity index (χ0v) is 17.1. The van der Waals surface area contributed by atoms with E-state index in [0.29, 0.717) is 16.9 Å². The van der Waals surface area contributed by atoms with Gasteiger partial charge in [0.25, 0.3) is 5.91 Å². The van der Waals surface area contributed by atoms with Gasteiger partial charge < -0.3 is 24.2 Å². The first-order valence-electron chi connectivity index (χ1n) is 9.70. The highest BCUT2D eigenvalue weighted by Gasteiger charge is 2.18. The van der Waals surface area contributed by atoms with Gasteiger partial charge in [0.05, 0.1) is 14.2 Å². The van der Waals surface area contributed by atoms with Crippen LogP contribution in [0.3, 0.4) is 0 Å². The predicted octanol–water partition coefficient (Wildman–Crippen LogP) is 3.31. The van der Waals surface area contributed by atoms with Crippen LogP contribution in [0.25, 0.3) is 6.08 Å². The van der Waals surface area contributed by atoms with E-state index >= 15 is 0 Å². The Kier molecular flexibility index (Phi) is 6.95. The number of allylic oxidation sites excluding steroid dienone is 1. The summed E-state index contributed by atoms with van der Waals surface area (Å²) >= 11 is 0. The fourth-order valence-electron chi connectivity index (χ4n) is 3.20. The third kappa shape index (κ3) is 5.11. The van der Waals surface area contributed by atoms with Gasteiger partial charge in [-0.1, -0.05) is 6.08 Å². The average molecular weight is 411 g/mol. The molecule has 0 aromatic heterocycles. The molecule has 3 rings (SSSR count). The zero-order valence-electron chi connectivity index (χ0n) is 17.1. The van der Waals surface area contributed by atoms with Crippen molar-refractivity contribution in [2.24, 2.45) is 0 Å². The SMILES string of the molecule is COc1cc(/C=C/C(=O)c2ccc(OCC(=O)N3CCCC3)cc2)cc(OC)c1O. The summed E-state index contributed by atoms with van der Waals surface area (Å²) in [6.07, 6.45) is 5.13. The van der Waals surface area contributed by atoms with Crippen LogP contribution in [0.1, 0.15) is 28.8 Å². The van der Waals surface area contributed by atoms with E-state index in [1.807, 2.05) is 0 Å². The maximum absolute atomic E-state index is 12.4. The number of ketones is 1. The van der Waals surface area contributed by atoms with E-state index in [-0.39, 0.29) is 35.5 Å². The van der Waals surface area contributed by atoms with Crippen molar-refractivity contribution >= 4 is 17.8 Å². The Morgan fingerprint density at radius 3 is 2.20 bits per heavy atom. The van der Waals surface area contributed by atoms with Gasteiger partial charge in [0.2, 0.25) is 5.75 Å². The van der Waals surface area contributed by atoms with Gasteiger partial charge in [0.1, 0.15) is 5.75 Å². The Morgan fingerprint density at radius 1 is 1.03 bits per heavy atom. The van der Waals surface area contributed by atoms with Crippen molar-refractivity contribution in [1.82, 2.24) is 4.90 Å². The van der Waals surface area contributed by atoms with E-state index in [4.69, 9.17) is 14.2 Å². The van der Waals surface area contributed by atoms with Crippen molar-refractivity contribution in [3.8, 4) is 23.0 Å². The van der Waals surface area contributed by atoms with Gasteiger partial charge in [-0.15, -0.1) is 0 Å². The van der Waals surface area contributed by atoms with E-state index in [0.717, 1.165) is 25.9 Å². The predicted molar refractivity (Wildman–Crippen MR) is 112 cm³/mol. The Labute approximate surface area is 175 Å². The number of nitrogens with zero attached hydrogens (tertiary/aromatic N) is 1. The summed E-state index contributed by atoms with van der Waals surface area (Å²) in [5.74, 6) is 0.743. The van der Waals surface area contributed by atoms with E-state index in [9.17, 15) is 14.7 Å². The van der Waals surface area contributed by atoms with Gasteiger partial charge in [-0.3, -0.25) is 9.59 Å². The molecule has 1 heterocycles. The number of carbonyl (C=O) groups is 2. The molecule has 1 fully saturated rings. The van der Waals surface area contributed by atoms with Crippen molar-refractivity contribution in [2.45, 2.75) is 12.8 Å². The first kappa shape index (κ1) is 21.2. The summed E-state index contributed by atoms with van der Waals surface area (Å²) in [6.45, 7) is 1.58. The molecule has 1 amide bonds. The second-order valence-electron chi connectivity index (χ2n) is 6.87. The first-order valence-corrected chi connectivity index (χ1v) is 9.70. The number of phenolic OH excluding ortho intramolecular Hbond substituents is 1. The lowest BCUT2D eigenvalue weighted by atomic mass is 10.1. The summed E-state index contributed by atoms with van der Waals surface area (Å²) < 4.78 is 15.8. The minimum atomic E-state index is -0.194. The summed E-state index contributed by atoms with van der Waals surface area (Å²) in [5.41, 5.74) is 1.14. The van der Waals surface area contributed by atoms with E-state index in [1.165, 1.54) is 20.3 Å². The van der Waals surface area contributed by atoms with Gasteiger partial charge in [0.15, 0.2) is 23.9 Å². The van der Waals surface area contributed by atoms with Crippen LogP contribution in [-0.2, 0) is 4.79 Å². The highest BCUT2D eigenvalue weighted by molar-refractivity contribution is 6.06. The standard InChI is InChI=1S/C23H25NO6/c1-28-20-13-16(14-21(29-2)23(20)27)5-10-19(25)17-6-8-18(9-7-17)30-15-22(26)24-11-3-4-12-24/h5-10,13-14,27H,3-4,11-12,15H2,1-2H3/b10-5+.